The Bertz CT molecular complexity index is 405. The zero-order valence-corrected chi connectivity index (χ0v) is 11.5. The number of ether oxygens (including phenoxy) is 1. The van der Waals surface area contributed by atoms with E-state index in [0.29, 0.717) is 0 Å². The standard InChI is InChI=1S/C8H9N3O3S.Na/c1-2-3-14-7(12)6(11-13)5-4-15-8(9)10-5;/h2,4,13H,1,3H2,(H2,9,10);/q;+1/p-1/b11-6+;. The number of carbonyl (C=O) groups is 1. The number of thiazole rings is 1. The van der Waals surface area contributed by atoms with Crippen LogP contribution >= 0.6 is 11.3 Å². The van der Waals surface area contributed by atoms with E-state index in [9.17, 15) is 10.0 Å². The number of nitrogen functional groups attached to an aromatic ring is 1. The first kappa shape index (κ1) is 15.1. The molecule has 0 saturated carbocycles. The summed E-state index contributed by atoms with van der Waals surface area (Å²) in [7, 11) is 0. The third kappa shape index (κ3) is 3.93. The van der Waals surface area contributed by atoms with Gasteiger partial charge in [-0.05, 0) is 0 Å². The molecule has 0 aliphatic carbocycles. The molecule has 1 aromatic heterocycles. The fourth-order valence-electron chi connectivity index (χ4n) is 0.788. The van der Waals surface area contributed by atoms with Gasteiger partial charge in [-0.15, -0.1) is 11.3 Å². The molecule has 0 spiro atoms. The number of aromatic nitrogens is 1. The van der Waals surface area contributed by atoms with Crippen molar-refractivity contribution in [3.05, 3.63) is 28.9 Å². The quantitative estimate of drug-likeness (QED) is 0.213. The molecule has 8 heteroatoms. The first-order valence-electron chi connectivity index (χ1n) is 3.88. The molecule has 2 N–H and O–H groups in total. The van der Waals surface area contributed by atoms with Crippen molar-refractivity contribution < 1.29 is 39.1 Å². The summed E-state index contributed by atoms with van der Waals surface area (Å²) in [6.45, 7) is 3.38. The van der Waals surface area contributed by atoms with Crippen LogP contribution in [0.15, 0.2) is 23.2 Å². The Balaban J connectivity index is 0.00000225. The van der Waals surface area contributed by atoms with E-state index in [2.05, 4.69) is 21.5 Å². The molecule has 1 rings (SSSR count). The number of esters is 1. The number of anilines is 1. The molecule has 1 heterocycles. The maximum absolute atomic E-state index is 11.3. The fourth-order valence-corrected chi connectivity index (χ4v) is 1.34. The first-order valence-corrected chi connectivity index (χ1v) is 4.76. The van der Waals surface area contributed by atoms with Crippen molar-refractivity contribution in [3.63, 3.8) is 0 Å². The molecule has 0 unspecified atom stereocenters. The monoisotopic (exact) mass is 249 g/mol. The summed E-state index contributed by atoms with van der Waals surface area (Å²) in [6.07, 6.45) is 1.38. The number of hydrogen-bond acceptors (Lipinski definition) is 7. The number of nitrogens with zero attached hydrogens (tertiary/aromatic N) is 2. The van der Waals surface area contributed by atoms with Crippen LogP contribution < -0.4 is 35.3 Å². The summed E-state index contributed by atoms with van der Waals surface area (Å²) in [5.41, 5.74) is 5.10. The number of nitrogens with two attached hydrogens (primary N) is 1. The summed E-state index contributed by atoms with van der Waals surface area (Å²) in [5.74, 6) is -0.838. The molecule has 6 nitrogen and oxygen atoms in total. The number of carbonyl (C=O) groups excluding carboxylic acids is 1. The van der Waals surface area contributed by atoms with Gasteiger partial charge in [-0.3, -0.25) is 0 Å². The van der Waals surface area contributed by atoms with Crippen molar-refractivity contribution in [1.29, 1.82) is 0 Å². The molecule has 0 aliphatic heterocycles. The van der Waals surface area contributed by atoms with E-state index in [1.807, 2.05) is 0 Å². The van der Waals surface area contributed by atoms with E-state index in [-0.39, 0.29) is 52.7 Å². The Morgan fingerprint density at radius 3 is 2.94 bits per heavy atom. The average molecular weight is 249 g/mol. The molecule has 0 bridgehead atoms. The summed E-state index contributed by atoms with van der Waals surface area (Å²) >= 11 is 1.11. The largest absolute Gasteiger partial charge is 1.00 e. The zero-order valence-electron chi connectivity index (χ0n) is 8.67. The summed E-state index contributed by atoms with van der Waals surface area (Å²) in [5, 5.41) is 14.7. The van der Waals surface area contributed by atoms with Crippen LogP contribution in [0.25, 0.3) is 0 Å². The molecule has 0 aromatic carbocycles. The maximum Gasteiger partial charge on any atom is 1.00 e. The van der Waals surface area contributed by atoms with Crippen molar-refractivity contribution in [1.82, 2.24) is 4.98 Å². The number of hydrogen-bond donors (Lipinski definition) is 1. The minimum Gasteiger partial charge on any atom is -0.791 e. The third-order valence-electron chi connectivity index (χ3n) is 1.38. The van der Waals surface area contributed by atoms with E-state index in [0.717, 1.165) is 11.3 Å². The molecule has 0 fully saturated rings. The van der Waals surface area contributed by atoms with Crippen LogP contribution in [0, 0.1) is 5.21 Å². The Kier molecular flexibility index (Phi) is 6.98. The van der Waals surface area contributed by atoms with Gasteiger partial charge in [0.05, 0.1) is 0 Å². The summed E-state index contributed by atoms with van der Waals surface area (Å²) in [6, 6.07) is 0. The molecule has 16 heavy (non-hydrogen) atoms. The van der Waals surface area contributed by atoms with Gasteiger partial charge in [-0.25, -0.2) is 9.78 Å². The van der Waals surface area contributed by atoms with E-state index in [1.165, 1.54) is 11.5 Å². The Morgan fingerprint density at radius 2 is 2.50 bits per heavy atom. The van der Waals surface area contributed by atoms with Crippen LogP contribution in [-0.4, -0.2) is 23.3 Å². The first-order chi connectivity index (χ1) is 7.19. The number of rotatable bonds is 4. The van der Waals surface area contributed by atoms with Crippen molar-refractivity contribution in [3.8, 4) is 0 Å². The average Bonchev–Trinajstić information content (AvgIpc) is 2.63. The van der Waals surface area contributed by atoms with Crippen molar-refractivity contribution in [2.75, 3.05) is 12.3 Å². The Hall–Kier alpha value is -0.890. The molecule has 0 amide bonds. The van der Waals surface area contributed by atoms with Gasteiger partial charge in [0.25, 0.3) is 0 Å². The third-order valence-corrected chi connectivity index (χ3v) is 2.06. The van der Waals surface area contributed by atoms with Gasteiger partial charge in [-0.1, -0.05) is 12.7 Å². The van der Waals surface area contributed by atoms with Crippen molar-refractivity contribution >= 4 is 28.1 Å². The topological polar surface area (TPSA) is 101 Å². The normalized spacial score (nSPS) is 10.4. The molecule has 0 atom stereocenters. The Morgan fingerprint density at radius 1 is 1.81 bits per heavy atom. The molecule has 80 valence electrons. The van der Waals surface area contributed by atoms with Crippen LogP contribution in [0.2, 0.25) is 0 Å². The van der Waals surface area contributed by atoms with Crippen molar-refractivity contribution in [2.24, 2.45) is 5.16 Å². The van der Waals surface area contributed by atoms with E-state index in [1.54, 1.807) is 0 Å². The van der Waals surface area contributed by atoms with Gasteiger partial charge in [0.2, 0.25) is 0 Å². The second kappa shape index (κ2) is 7.39. The predicted molar refractivity (Wildman–Crippen MR) is 57.6 cm³/mol. The zero-order chi connectivity index (χ0) is 11.3. The second-order valence-electron chi connectivity index (χ2n) is 2.40. The fraction of sp³-hybridized carbons (Fsp3) is 0.125. The van der Waals surface area contributed by atoms with Crippen LogP contribution in [0.5, 0.6) is 0 Å². The molecule has 0 radical (unpaired) electrons. The van der Waals surface area contributed by atoms with Crippen LogP contribution in [-0.2, 0) is 9.53 Å². The minimum absolute atomic E-state index is 0. The van der Waals surface area contributed by atoms with Gasteiger partial charge in [-0.2, -0.15) is 0 Å². The van der Waals surface area contributed by atoms with Gasteiger partial charge in [0.15, 0.2) is 10.8 Å². The van der Waals surface area contributed by atoms with Crippen LogP contribution in [0.4, 0.5) is 5.13 Å². The van der Waals surface area contributed by atoms with Crippen molar-refractivity contribution in [2.45, 2.75) is 0 Å². The smallest absolute Gasteiger partial charge is 0.791 e. The molecule has 0 aliphatic rings. The van der Waals surface area contributed by atoms with Gasteiger partial charge < -0.3 is 20.8 Å². The van der Waals surface area contributed by atoms with Gasteiger partial charge >= 0.3 is 35.5 Å². The van der Waals surface area contributed by atoms with Crippen LogP contribution in [0.3, 0.4) is 0 Å². The van der Waals surface area contributed by atoms with E-state index < -0.39 is 5.97 Å². The predicted octanol–water partition coefficient (Wildman–Crippen LogP) is -2.25. The molecule has 1 aromatic rings. The maximum atomic E-state index is 11.3. The van der Waals surface area contributed by atoms with E-state index >= 15 is 0 Å². The molecule has 0 saturated heterocycles. The summed E-state index contributed by atoms with van der Waals surface area (Å²) in [4.78, 5) is 15.0. The van der Waals surface area contributed by atoms with Crippen LogP contribution in [0.1, 0.15) is 5.69 Å². The van der Waals surface area contributed by atoms with Gasteiger partial charge in [0, 0.05) is 5.38 Å². The summed E-state index contributed by atoms with van der Waals surface area (Å²) < 4.78 is 4.64. The SMILES string of the molecule is C=CCOC(=O)/C(=N/[O-])c1csc(N)n1.[Na+]. The minimum atomic E-state index is -0.838. The van der Waals surface area contributed by atoms with E-state index in [4.69, 9.17) is 5.73 Å². The second-order valence-corrected chi connectivity index (χ2v) is 3.29. The molecular formula is C8H8N3NaO3S. The Labute approximate surface area is 118 Å². The van der Waals surface area contributed by atoms with Gasteiger partial charge in [0.1, 0.15) is 12.3 Å². The molecular weight excluding hydrogens is 241 g/mol.